The van der Waals surface area contributed by atoms with Crippen molar-refractivity contribution in [2.75, 3.05) is 0 Å². The first-order valence-corrected chi connectivity index (χ1v) is 12.6. The van der Waals surface area contributed by atoms with Crippen LogP contribution in [0.15, 0.2) is 48.5 Å². The van der Waals surface area contributed by atoms with Gasteiger partial charge < -0.3 is 0 Å². The van der Waals surface area contributed by atoms with Crippen molar-refractivity contribution < 1.29 is 8.78 Å². The summed E-state index contributed by atoms with van der Waals surface area (Å²) >= 11 is 0. The fraction of sp³-hybridized carbons (Fsp3) is 0.586. The Morgan fingerprint density at radius 2 is 1.35 bits per heavy atom. The lowest BCUT2D eigenvalue weighted by Crippen LogP contribution is -2.26. The van der Waals surface area contributed by atoms with Crippen LogP contribution in [-0.2, 0) is 6.42 Å². The Morgan fingerprint density at radius 1 is 0.742 bits per heavy atom. The second-order valence-electron chi connectivity index (χ2n) is 10.4. The Bertz CT molecular complexity index is 799. The maximum Gasteiger partial charge on any atom is 0.159 e. The number of halogens is 2. The van der Waals surface area contributed by atoms with Gasteiger partial charge in [0.1, 0.15) is 0 Å². The topological polar surface area (TPSA) is 0 Å². The number of hydrogen-bond acceptors (Lipinski definition) is 0. The number of hydrogen-bond donors (Lipinski definition) is 0. The largest absolute Gasteiger partial charge is 0.204 e. The molecular weight excluding hydrogens is 386 g/mol. The zero-order valence-electron chi connectivity index (χ0n) is 19.0. The van der Waals surface area contributed by atoms with Crippen LogP contribution in [0.3, 0.4) is 0 Å². The fourth-order valence-corrected chi connectivity index (χ4v) is 6.33. The van der Waals surface area contributed by atoms with Crippen molar-refractivity contribution in [2.24, 2.45) is 23.7 Å². The summed E-state index contributed by atoms with van der Waals surface area (Å²) in [5, 5.41) is 0. The van der Waals surface area contributed by atoms with E-state index in [1.807, 2.05) is 0 Å². The van der Waals surface area contributed by atoms with E-state index in [9.17, 15) is 8.78 Å². The van der Waals surface area contributed by atoms with Crippen molar-refractivity contribution >= 4 is 0 Å². The van der Waals surface area contributed by atoms with E-state index in [4.69, 9.17) is 0 Å². The summed E-state index contributed by atoms with van der Waals surface area (Å²) in [6, 6.07) is 15.4. The van der Waals surface area contributed by atoms with E-state index < -0.39 is 11.6 Å². The third-order valence-corrected chi connectivity index (χ3v) is 8.33. The standard InChI is InChI=1S/C29H38F2/c1-21(25-5-3-2-4-6-25)19-23-11-16-27(17-12-23)26-14-9-22(10-15-26)7-8-24-13-18-28(30)29(31)20-24/h2-6,13,18,20-23,26-27H,7-12,14-17,19H2,1H3. The normalized spacial score (nSPS) is 27.7. The number of aryl methyl sites for hydroxylation is 1. The SMILES string of the molecule is CC(CC1CCC(C2CCC(CCc3ccc(F)c(F)c3)CC2)CC1)c1ccccc1. The lowest BCUT2D eigenvalue weighted by molar-refractivity contribution is 0.139. The van der Waals surface area contributed by atoms with Gasteiger partial charge >= 0.3 is 0 Å². The van der Waals surface area contributed by atoms with Gasteiger partial charge in [-0.1, -0.05) is 69.0 Å². The molecule has 31 heavy (non-hydrogen) atoms. The molecule has 1 unspecified atom stereocenters. The lowest BCUT2D eigenvalue weighted by Gasteiger charge is -2.38. The fourth-order valence-electron chi connectivity index (χ4n) is 6.33. The zero-order valence-corrected chi connectivity index (χ0v) is 19.0. The van der Waals surface area contributed by atoms with Crippen LogP contribution < -0.4 is 0 Å². The van der Waals surface area contributed by atoms with E-state index in [1.54, 1.807) is 6.07 Å². The van der Waals surface area contributed by atoms with Crippen LogP contribution in [0.4, 0.5) is 8.78 Å². The van der Waals surface area contributed by atoms with Crippen LogP contribution in [0.5, 0.6) is 0 Å². The van der Waals surface area contributed by atoms with Crippen LogP contribution in [0.25, 0.3) is 0 Å². The molecule has 2 saturated carbocycles. The summed E-state index contributed by atoms with van der Waals surface area (Å²) in [4.78, 5) is 0. The third kappa shape index (κ3) is 6.18. The monoisotopic (exact) mass is 424 g/mol. The van der Waals surface area contributed by atoms with Gasteiger partial charge in [-0.15, -0.1) is 0 Å². The van der Waals surface area contributed by atoms with Gasteiger partial charge in [-0.25, -0.2) is 8.78 Å². The van der Waals surface area contributed by atoms with E-state index in [0.29, 0.717) is 5.92 Å². The van der Waals surface area contributed by atoms with E-state index in [2.05, 4.69) is 37.3 Å². The summed E-state index contributed by atoms with van der Waals surface area (Å²) in [7, 11) is 0. The van der Waals surface area contributed by atoms with Gasteiger partial charge in [0.25, 0.3) is 0 Å². The Morgan fingerprint density at radius 3 is 1.97 bits per heavy atom. The predicted molar refractivity (Wildman–Crippen MR) is 125 cm³/mol. The molecule has 168 valence electrons. The molecule has 2 aromatic rings. The molecule has 0 heterocycles. The molecule has 2 heteroatoms. The first-order valence-electron chi connectivity index (χ1n) is 12.6. The highest BCUT2D eigenvalue weighted by Crippen LogP contribution is 2.43. The molecule has 4 rings (SSSR count). The second-order valence-corrected chi connectivity index (χ2v) is 10.4. The third-order valence-electron chi connectivity index (χ3n) is 8.33. The summed E-state index contributed by atoms with van der Waals surface area (Å²) in [5.41, 5.74) is 2.43. The smallest absolute Gasteiger partial charge is 0.159 e. The summed E-state index contributed by atoms with van der Waals surface area (Å²) in [5.74, 6) is 2.74. The van der Waals surface area contributed by atoms with Gasteiger partial charge in [0, 0.05) is 0 Å². The quantitative estimate of drug-likeness (QED) is 0.417. The molecular formula is C29H38F2. The first kappa shape index (κ1) is 22.5. The molecule has 2 aliphatic rings. The Balaban J connectivity index is 1.16. The van der Waals surface area contributed by atoms with Gasteiger partial charge in [0.2, 0.25) is 0 Å². The number of benzene rings is 2. The highest BCUT2D eigenvalue weighted by Gasteiger charge is 2.31. The summed E-state index contributed by atoms with van der Waals surface area (Å²) < 4.78 is 26.5. The van der Waals surface area contributed by atoms with Gasteiger partial charge in [0.15, 0.2) is 11.6 Å². The van der Waals surface area contributed by atoms with Crippen molar-refractivity contribution in [3.63, 3.8) is 0 Å². The zero-order chi connectivity index (χ0) is 21.6. The molecule has 0 saturated heterocycles. The average Bonchev–Trinajstić information content (AvgIpc) is 2.81. The maximum absolute atomic E-state index is 13.4. The summed E-state index contributed by atoms with van der Waals surface area (Å²) in [6.45, 7) is 2.39. The molecule has 0 aliphatic heterocycles. The number of rotatable bonds is 7. The van der Waals surface area contributed by atoms with Gasteiger partial charge in [-0.2, -0.15) is 0 Å². The molecule has 0 aromatic heterocycles. The minimum Gasteiger partial charge on any atom is -0.204 e. The molecule has 2 aromatic carbocycles. The van der Waals surface area contributed by atoms with Gasteiger partial charge in [-0.3, -0.25) is 0 Å². The van der Waals surface area contributed by atoms with Crippen LogP contribution in [0.2, 0.25) is 0 Å². The molecule has 0 bridgehead atoms. The van der Waals surface area contributed by atoms with E-state index in [0.717, 1.165) is 42.1 Å². The average molecular weight is 425 g/mol. The van der Waals surface area contributed by atoms with E-state index in [1.165, 1.54) is 75.5 Å². The maximum atomic E-state index is 13.4. The first-order chi connectivity index (χ1) is 15.1. The summed E-state index contributed by atoms with van der Waals surface area (Å²) in [6.07, 6.45) is 14.4. The van der Waals surface area contributed by atoms with Crippen molar-refractivity contribution in [1.82, 2.24) is 0 Å². The molecule has 0 amide bonds. The minimum absolute atomic E-state index is 0.674. The van der Waals surface area contributed by atoms with Crippen LogP contribution in [0.1, 0.15) is 88.2 Å². The Hall–Kier alpha value is -1.70. The predicted octanol–water partition coefficient (Wildman–Crippen LogP) is 8.70. The Labute approximate surface area is 187 Å². The molecule has 1 atom stereocenters. The van der Waals surface area contributed by atoms with Crippen LogP contribution >= 0.6 is 0 Å². The highest BCUT2D eigenvalue weighted by atomic mass is 19.2. The molecule has 0 nitrogen and oxygen atoms in total. The van der Waals surface area contributed by atoms with Crippen molar-refractivity contribution in [1.29, 1.82) is 0 Å². The minimum atomic E-state index is -0.742. The second kappa shape index (κ2) is 10.7. The van der Waals surface area contributed by atoms with E-state index >= 15 is 0 Å². The molecule has 0 N–H and O–H groups in total. The molecule has 0 spiro atoms. The van der Waals surface area contributed by atoms with Crippen LogP contribution in [-0.4, -0.2) is 0 Å². The lowest BCUT2D eigenvalue weighted by atomic mass is 9.67. The molecule has 2 aliphatic carbocycles. The highest BCUT2D eigenvalue weighted by molar-refractivity contribution is 5.19. The molecule has 0 radical (unpaired) electrons. The molecule has 2 fully saturated rings. The van der Waals surface area contributed by atoms with Crippen molar-refractivity contribution in [3.8, 4) is 0 Å². The van der Waals surface area contributed by atoms with Crippen LogP contribution in [0, 0.1) is 35.3 Å². The van der Waals surface area contributed by atoms with Crippen molar-refractivity contribution in [3.05, 3.63) is 71.3 Å². The van der Waals surface area contributed by atoms with Crippen molar-refractivity contribution in [2.45, 2.75) is 83.5 Å². The van der Waals surface area contributed by atoms with Gasteiger partial charge in [0.05, 0.1) is 0 Å². The van der Waals surface area contributed by atoms with Gasteiger partial charge in [-0.05, 0) is 97.8 Å². The van der Waals surface area contributed by atoms with E-state index in [-0.39, 0.29) is 0 Å². The Kier molecular flexibility index (Phi) is 7.80.